The fourth-order valence-corrected chi connectivity index (χ4v) is 2.22. The fourth-order valence-electron chi connectivity index (χ4n) is 2.22. The summed E-state index contributed by atoms with van der Waals surface area (Å²) in [6.45, 7) is 4.52. The highest BCUT2D eigenvalue weighted by Crippen LogP contribution is 2.38. The number of benzene rings is 1. The zero-order chi connectivity index (χ0) is 16.0. The minimum Gasteiger partial charge on any atom is -0.497 e. The van der Waals surface area contributed by atoms with Gasteiger partial charge in [-0.1, -0.05) is 0 Å². The van der Waals surface area contributed by atoms with Crippen LogP contribution in [0.5, 0.6) is 5.75 Å². The van der Waals surface area contributed by atoms with Crippen molar-refractivity contribution in [3.8, 4) is 5.75 Å². The molecule has 0 aliphatic rings. The minimum absolute atomic E-state index is 0.201. The van der Waals surface area contributed by atoms with Crippen molar-refractivity contribution in [1.29, 1.82) is 0 Å². The van der Waals surface area contributed by atoms with E-state index in [1.54, 1.807) is 32.0 Å². The molecule has 0 amide bonds. The Bertz CT molecular complexity index is 659. The van der Waals surface area contributed by atoms with Gasteiger partial charge in [0, 0.05) is 12.1 Å². The van der Waals surface area contributed by atoms with Crippen LogP contribution in [0.15, 0.2) is 18.2 Å². The molecule has 2 N–H and O–H groups in total. The number of nitrogens with two attached hydrogens (primary N) is 1. The van der Waals surface area contributed by atoms with Crippen LogP contribution in [0, 0.1) is 0 Å². The maximum atomic E-state index is 13.2. The van der Waals surface area contributed by atoms with E-state index in [2.05, 4.69) is 4.98 Å². The van der Waals surface area contributed by atoms with E-state index in [-0.39, 0.29) is 11.9 Å². The number of ether oxygens (including phenoxy) is 1. The van der Waals surface area contributed by atoms with E-state index in [9.17, 15) is 13.2 Å². The quantitative estimate of drug-likeness (QED) is 0.945. The number of imidazole rings is 1. The Morgan fingerprint density at radius 1 is 1.29 bits per heavy atom. The lowest BCUT2D eigenvalue weighted by molar-refractivity contribution is -0.187. The minimum atomic E-state index is -4.59. The Morgan fingerprint density at radius 2 is 1.90 bits per heavy atom. The van der Waals surface area contributed by atoms with Crippen molar-refractivity contribution < 1.29 is 17.9 Å². The molecule has 1 aromatic carbocycles. The van der Waals surface area contributed by atoms with E-state index >= 15 is 0 Å². The van der Waals surface area contributed by atoms with Crippen LogP contribution in [0.1, 0.15) is 32.6 Å². The van der Waals surface area contributed by atoms with Crippen LogP contribution in [0.4, 0.5) is 13.2 Å². The molecule has 2 rings (SSSR count). The summed E-state index contributed by atoms with van der Waals surface area (Å²) < 4.78 is 46.3. The van der Waals surface area contributed by atoms with Crippen molar-refractivity contribution in [2.75, 3.05) is 7.11 Å². The number of rotatable bonds is 3. The predicted octanol–water partition coefficient (Wildman–Crippen LogP) is 3.36. The third-order valence-corrected chi connectivity index (χ3v) is 3.47. The molecule has 0 bridgehead atoms. The lowest BCUT2D eigenvalue weighted by atomic mass is 10.0. The maximum absolute atomic E-state index is 13.2. The van der Waals surface area contributed by atoms with Crippen LogP contribution in [-0.4, -0.2) is 22.8 Å². The number of halogens is 3. The average Bonchev–Trinajstić information content (AvgIpc) is 2.75. The molecule has 1 aromatic heterocycles. The highest BCUT2D eigenvalue weighted by atomic mass is 19.4. The van der Waals surface area contributed by atoms with Gasteiger partial charge in [0.1, 0.15) is 11.6 Å². The van der Waals surface area contributed by atoms with E-state index in [4.69, 9.17) is 10.5 Å². The molecule has 0 spiro atoms. The first-order valence-corrected chi connectivity index (χ1v) is 6.51. The lowest BCUT2D eigenvalue weighted by Gasteiger charge is -2.28. The standard InChI is InChI=1S/C14H18F3N3O/c1-8(2)20-11-6-5-9(21-4)7-10(11)19-12(20)13(3,18)14(15,16)17/h5-8H,18H2,1-4H3. The van der Waals surface area contributed by atoms with Crippen LogP contribution in [0.2, 0.25) is 0 Å². The largest absolute Gasteiger partial charge is 0.497 e. The molecular weight excluding hydrogens is 283 g/mol. The second-order valence-electron chi connectivity index (χ2n) is 5.45. The van der Waals surface area contributed by atoms with Gasteiger partial charge in [0.25, 0.3) is 0 Å². The van der Waals surface area contributed by atoms with E-state index < -0.39 is 11.7 Å². The Kier molecular flexibility index (Phi) is 3.65. The summed E-state index contributed by atoms with van der Waals surface area (Å²) in [7, 11) is 1.49. The third kappa shape index (κ3) is 2.46. The number of alkyl halides is 3. The van der Waals surface area contributed by atoms with E-state index in [0.717, 1.165) is 6.92 Å². The fraction of sp³-hybridized carbons (Fsp3) is 0.500. The van der Waals surface area contributed by atoms with Crippen LogP contribution in [0.25, 0.3) is 11.0 Å². The van der Waals surface area contributed by atoms with Gasteiger partial charge in [-0.3, -0.25) is 0 Å². The first kappa shape index (κ1) is 15.6. The highest BCUT2D eigenvalue weighted by molar-refractivity contribution is 5.78. The van der Waals surface area contributed by atoms with Crippen LogP contribution in [0.3, 0.4) is 0 Å². The number of nitrogens with zero attached hydrogens (tertiary/aromatic N) is 2. The molecule has 0 saturated heterocycles. The number of aromatic nitrogens is 2. The molecule has 0 saturated carbocycles. The molecule has 0 fully saturated rings. The molecule has 1 atom stereocenters. The van der Waals surface area contributed by atoms with Crippen molar-refractivity contribution >= 4 is 11.0 Å². The zero-order valence-corrected chi connectivity index (χ0v) is 12.3. The molecule has 21 heavy (non-hydrogen) atoms. The first-order chi connectivity index (χ1) is 9.59. The zero-order valence-electron chi connectivity index (χ0n) is 12.3. The summed E-state index contributed by atoms with van der Waals surface area (Å²) >= 11 is 0. The van der Waals surface area contributed by atoms with Crippen LogP contribution < -0.4 is 10.5 Å². The van der Waals surface area contributed by atoms with Crippen molar-refractivity contribution in [2.24, 2.45) is 5.73 Å². The SMILES string of the molecule is COc1ccc2c(c1)nc(C(C)(N)C(F)(F)F)n2C(C)C. The van der Waals surface area contributed by atoms with Gasteiger partial charge in [-0.15, -0.1) is 0 Å². The normalized spacial score (nSPS) is 15.5. The first-order valence-electron chi connectivity index (χ1n) is 6.51. The summed E-state index contributed by atoms with van der Waals surface area (Å²) in [6.07, 6.45) is -4.59. The summed E-state index contributed by atoms with van der Waals surface area (Å²) in [6, 6.07) is 4.78. The van der Waals surface area contributed by atoms with Crippen molar-refractivity contribution in [1.82, 2.24) is 9.55 Å². The number of hydrogen-bond acceptors (Lipinski definition) is 3. The Balaban J connectivity index is 2.77. The van der Waals surface area contributed by atoms with Gasteiger partial charge in [-0.25, -0.2) is 4.98 Å². The molecule has 2 aromatic rings. The molecule has 1 unspecified atom stereocenters. The van der Waals surface area contributed by atoms with Gasteiger partial charge in [0.05, 0.1) is 18.1 Å². The summed E-state index contributed by atoms with van der Waals surface area (Å²) in [4.78, 5) is 4.12. The van der Waals surface area contributed by atoms with Gasteiger partial charge < -0.3 is 15.0 Å². The molecule has 116 valence electrons. The Hall–Kier alpha value is -1.76. The van der Waals surface area contributed by atoms with Crippen molar-refractivity contribution in [3.63, 3.8) is 0 Å². The predicted molar refractivity (Wildman–Crippen MR) is 74.3 cm³/mol. The Labute approximate surface area is 120 Å². The lowest BCUT2D eigenvalue weighted by Crippen LogP contribution is -2.49. The van der Waals surface area contributed by atoms with Crippen LogP contribution in [-0.2, 0) is 5.54 Å². The number of methoxy groups -OCH3 is 1. The van der Waals surface area contributed by atoms with E-state index in [0.29, 0.717) is 16.8 Å². The van der Waals surface area contributed by atoms with Crippen molar-refractivity contribution in [2.45, 2.75) is 38.5 Å². The summed E-state index contributed by atoms with van der Waals surface area (Å²) in [5, 5.41) is 0. The van der Waals surface area contributed by atoms with Gasteiger partial charge in [-0.05, 0) is 32.9 Å². The van der Waals surface area contributed by atoms with Gasteiger partial charge in [-0.2, -0.15) is 13.2 Å². The maximum Gasteiger partial charge on any atom is 0.413 e. The van der Waals surface area contributed by atoms with Gasteiger partial charge in [0.15, 0.2) is 5.54 Å². The topological polar surface area (TPSA) is 53.1 Å². The average molecular weight is 301 g/mol. The molecule has 1 heterocycles. The number of hydrogen-bond donors (Lipinski definition) is 1. The van der Waals surface area contributed by atoms with Gasteiger partial charge in [0.2, 0.25) is 0 Å². The molecule has 7 heteroatoms. The second-order valence-corrected chi connectivity index (χ2v) is 5.45. The second kappa shape index (κ2) is 4.91. The molecule has 0 radical (unpaired) electrons. The van der Waals surface area contributed by atoms with Crippen molar-refractivity contribution in [3.05, 3.63) is 24.0 Å². The number of fused-ring (bicyclic) bond motifs is 1. The van der Waals surface area contributed by atoms with Crippen LogP contribution >= 0.6 is 0 Å². The smallest absolute Gasteiger partial charge is 0.413 e. The van der Waals surface area contributed by atoms with E-state index in [1.807, 2.05) is 0 Å². The Morgan fingerprint density at radius 3 is 2.38 bits per heavy atom. The molecular formula is C14H18F3N3O. The summed E-state index contributed by atoms with van der Waals surface area (Å²) in [5.41, 5.74) is 4.05. The summed E-state index contributed by atoms with van der Waals surface area (Å²) in [5.74, 6) is 0.335. The molecule has 0 aliphatic heterocycles. The third-order valence-electron chi connectivity index (χ3n) is 3.47. The van der Waals surface area contributed by atoms with Gasteiger partial charge >= 0.3 is 6.18 Å². The monoisotopic (exact) mass is 301 g/mol. The molecule has 0 aliphatic carbocycles. The highest BCUT2D eigenvalue weighted by Gasteiger charge is 2.52. The van der Waals surface area contributed by atoms with E-state index in [1.165, 1.54) is 11.7 Å². The molecule has 4 nitrogen and oxygen atoms in total.